The Bertz CT molecular complexity index is 815. The fraction of sp³-hybridized carbons (Fsp3) is 0.273. The quantitative estimate of drug-likeness (QED) is 0.670. The Morgan fingerprint density at radius 3 is 2.40 bits per heavy atom. The summed E-state index contributed by atoms with van der Waals surface area (Å²) in [5.74, 6) is 0.899. The molecule has 0 aromatic heterocycles. The minimum Gasteiger partial charge on any atom is -0.491 e. The Morgan fingerprint density at radius 2 is 1.64 bits per heavy atom. The summed E-state index contributed by atoms with van der Waals surface area (Å²) in [7, 11) is 0. The molecule has 130 valence electrons. The predicted octanol–water partition coefficient (Wildman–Crippen LogP) is 4.45. The van der Waals surface area contributed by atoms with E-state index in [0.29, 0.717) is 13.1 Å². The maximum atomic E-state index is 10.3. The molecule has 0 fully saturated rings. The van der Waals surface area contributed by atoms with Gasteiger partial charge in [0.25, 0.3) is 0 Å². The first-order valence-electron chi connectivity index (χ1n) is 8.76. The van der Waals surface area contributed by atoms with Crippen LogP contribution in [0.2, 0.25) is 0 Å². The van der Waals surface area contributed by atoms with E-state index in [2.05, 4.69) is 23.5 Å². The van der Waals surface area contributed by atoms with Gasteiger partial charge >= 0.3 is 0 Å². The van der Waals surface area contributed by atoms with Crippen LogP contribution in [0.15, 0.2) is 66.7 Å². The summed E-state index contributed by atoms with van der Waals surface area (Å²) in [4.78, 5) is 0. The highest BCUT2D eigenvalue weighted by molar-refractivity contribution is 5.87. The second kappa shape index (κ2) is 8.15. The molecule has 3 aromatic rings. The lowest BCUT2D eigenvalue weighted by atomic mass is 10.0. The van der Waals surface area contributed by atoms with Gasteiger partial charge in [0, 0.05) is 18.7 Å². The molecule has 3 aromatic carbocycles. The second-order valence-corrected chi connectivity index (χ2v) is 6.49. The molecule has 0 amide bonds. The third-order valence-electron chi connectivity index (χ3n) is 4.18. The number of aliphatic hydroxyl groups excluding tert-OH is 1. The molecule has 2 N–H and O–H groups in total. The maximum absolute atomic E-state index is 10.3. The van der Waals surface area contributed by atoms with Gasteiger partial charge in [0.15, 0.2) is 0 Å². The molecule has 3 nitrogen and oxygen atoms in total. The molecule has 0 spiro atoms. The molecule has 0 bridgehead atoms. The number of nitrogens with one attached hydrogen (secondary N) is 1. The highest BCUT2D eigenvalue weighted by atomic mass is 16.5. The molecule has 0 saturated carbocycles. The number of benzene rings is 3. The van der Waals surface area contributed by atoms with E-state index in [1.165, 1.54) is 10.8 Å². The summed E-state index contributed by atoms with van der Waals surface area (Å²) >= 11 is 0. The smallest absolute Gasteiger partial charge is 0.124 e. The average molecular weight is 335 g/mol. The van der Waals surface area contributed by atoms with E-state index < -0.39 is 6.10 Å². The lowest BCUT2D eigenvalue weighted by Crippen LogP contribution is -2.22. The fourth-order valence-electron chi connectivity index (χ4n) is 2.99. The number of fused-ring (bicyclic) bond motifs is 1. The average Bonchev–Trinajstić information content (AvgIpc) is 2.63. The Morgan fingerprint density at radius 1 is 0.920 bits per heavy atom. The highest BCUT2D eigenvalue weighted by Crippen LogP contribution is 2.29. The van der Waals surface area contributed by atoms with E-state index in [4.69, 9.17) is 4.74 Å². The van der Waals surface area contributed by atoms with E-state index in [1.54, 1.807) is 0 Å². The normalized spacial score (nSPS) is 12.5. The first-order valence-corrected chi connectivity index (χ1v) is 8.76. The second-order valence-electron chi connectivity index (χ2n) is 6.49. The van der Waals surface area contributed by atoms with Crippen molar-refractivity contribution in [2.24, 2.45) is 0 Å². The molecule has 0 radical (unpaired) electrons. The zero-order valence-corrected chi connectivity index (χ0v) is 14.8. The number of ether oxygens (including phenoxy) is 1. The van der Waals surface area contributed by atoms with Crippen molar-refractivity contribution in [3.8, 4) is 5.75 Å². The van der Waals surface area contributed by atoms with Crippen LogP contribution >= 0.6 is 0 Å². The van der Waals surface area contributed by atoms with Gasteiger partial charge in [0.2, 0.25) is 0 Å². The molecule has 3 heteroatoms. The van der Waals surface area contributed by atoms with Gasteiger partial charge in [-0.15, -0.1) is 0 Å². The van der Waals surface area contributed by atoms with Gasteiger partial charge in [-0.1, -0.05) is 60.7 Å². The highest BCUT2D eigenvalue weighted by Gasteiger charge is 2.12. The molecular weight excluding hydrogens is 310 g/mol. The van der Waals surface area contributed by atoms with Gasteiger partial charge < -0.3 is 15.2 Å². The lowest BCUT2D eigenvalue weighted by Gasteiger charge is -2.18. The van der Waals surface area contributed by atoms with Crippen molar-refractivity contribution in [3.05, 3.63) is 77.9 Å². The van der Waals surface area contributed by atoms with Crippen molar-refractivity contribution >= 4 is 10.8 Å². The largest absolute Gasteiger partial charge is 0.491 e. The molecule has 0 aliphatic carbocycles. The fourth-order valence-corrected chi connectivity index (χ4v) is 2.99. The Balaban J connectivity index is 1.77. The molecule has 1 atom stereocenters. The van der Waals surface area contributed by atoms with Crippen LogP contribution in [-0.4, -0.2) is 17.8 Å². The van der Waals surface area contributed by atoms with Crippen LogP contribution in [0.3, 0.4) is 0 Å². The lowest BCUT2D eigenvalue weighted by molar-refractivity contribution is 0.174. The van der Waals surface area contributed by atoms with Crippen LogP contribution in [0.25, 0.3) is 10.8 Å². The Hall–Kier alpha value is -2.36. The molecule has 0 aliphatic rings. The first-order chi connectivity index (χ1) is 12.1. The zero-order valence-electron chi connectivity index (χ0n) is 14.8. The zero-order chi connectivity index (χ0) is 17.6. The van der Waals surface area contributed by atoms with Crippen molar-refractivity contribution in [2.75, 3.05) is 6.54 Å². The molecular formula is C22H25NO2. The van der Waals surface area contributed by atoms with E-state index in [0.717, 1.165) is 16.9 Å². The molecule has 0 saturated heterocycles. The van der Waals surface area contributed by atoms with E-state index in [9.17, 15) is 5.11 Å². The monoisotopic (exact) mass is 335 g/mol. The van der Waals surface area contributed by atoms with Crippen molar-refractivity contribution < 1.29 is 9.84 Å². The Labute approximate surface area is 149 Å². The van der Waals surface area contributed by atoms with Crippen LogP contribution in [0.5, 0.6) is 5.75 Å². The summed E-state index contributed by atoms with van der Waals surface area (Å²) in [5.41, 5.74) is 2.05. The predicted molar refractivity (Wildman–Crippen MR) is 103 cm³/mol. The first kappa shape index (κ1) is 17.5. The third-order valence-corrected chi connectivity index (χ3v) is 4.18. The molecule has 3 rings (SSSR count). The van der Waals surface area contributed by atoms with Gasteiger partial charge in [0.1, 0.15) is 5.75 Å². The summed E-state index contributed by atoms with van der Waals surface area (Å²) in [6.07, 6.45) is -0.402. The van der Waals surface area contributed by atoms with Crippen LogP contribution < -0.4 is 10.1 Å². The number of hydrogen-bond acceptors (Lipinski definition) is 3. The van der Waals surface area contributed by atoms with E-state index >= 15 is 0 Å². The standard InChI is InChI=1S/C22H25NO2/c1-16(2)25-22-13-12-17-8-6-7-11-19(17)20(22)14-23-15-21(24)18-9-4-3-5-10-18/h3-13,16,21,23-24H,14-15H2,1-2H3/t21-/m1/s1. The molecule has 0 aliphatic heterocycles. The van der Waals surface area contributed by atoms with E-state index in [-0.39, 0.29) is 6.10 Å². The molecule has 0 heterocycles. The minimum absolute atomic E-state index is 0.120. The van der Waals surface area contributed by atoms with Crippen molar-refractivity contribution in [2.45, 2.75) is 32.6 Å². The summed E-state index contributed by atoms with van der Waals surface area (Å²) in [6, 6.07) is 22.2. The van der Waals surface area contributed by atoms with Crippen LogP contribution in [0, 0.1) is 0 Å². The van der Waals surface area contributed by atoms with Gasteiger partial charge in [-0.05, 0) is 36.2 Å². The number of rotatable bonds is 7. The molecule has 0 unspecified atom stereocenters. The van der Waals surface area contributed by atoms with Crippen LogP contribution in [0.4, 0.5) is 0 Å². The van der Waals surface area contributed by atoms with Crippen molar-refractivity contribution in [3.63, 3.8) is 0 Å². The third kappa shape index (κ3) is 4.38. The van der Waals surface area contributed by atoms with Gasteiger partial charge in [-0.25, -0.2) is 0 Å². The van der Waals surface area contributed by atoms with Crippen LogP contribution in [0.1, 0.15) is 31.1 Å². The van der Waals surface area contributed by atoms with Crippen molar-refractivity contribution in [1.82, 2.24) is 5.32 Å². The topological polar surface area (TPSA) is 41.5 Å². The maximum Gasteiger partial charge on any atom is 0.124 e. The minimum atomic E-state index is -0.523. The summed E-state index contributed by atoms with van der Waals surface area (Å²) < 4.78 is 5.99. The van der Waals surface area contributed by atoms with Crippen LogP contribution in [-0.2, 0) is 6.54 Å². The Kier molecular flexibility index (Phi) is 5.69. The van der Waals surface area contributed by atoms with Crippen molar-refractivity contribution in [1.29, 1.82) is 0 Å². The molecule has 25 heavy (non-hydrogen) atoms. The number of aliphatic hydroxyl groups is 1. The number of hydrogen-bond donors (Lipinski definition) is 2. The summed E-state index contributed by atoms with van der Waals surface area (Å²) in [5, 5.41) is 16.1. The SMILES string of the molecule is CC(C)Oc1ccc2ccccc2c1CNC[C@@H](O)c1ccccc1. The summed E-state index contributed by atoms with van der Waals surface area (Å²) in [6.45, 7) is 5.21. The van der Waals surface area contributed by atoms with Gasteiger partial charge in [-0.2, -0.15) is 0 Å². The van der Waals surface area contributed by atoms with E-state index in [1.807, 2.05) is 62.4 Å². The van der Waals surface area contributed by atoms with Gasteiger partial charge in [-0.3, -0.25) is 0 Å². The van der Waals surface area contributed by atoms with Gasteiger partial charge in [0.05, 0.1) is 12.2 Å².